The van der Waals surface area contributed by atoms with E-state index >= 15 is 0 Å². The van der Waals surface area contributed by atoms with Crippen molar-refractivity contribution in [3.63, 3.8) is 0 Å². The molecule has 0 aliphatic heterocycles. The summed E-state index contributed by atoms with van der Waals surface area (Å²) in [6, 6.07) is 13.4. The number of carbonyl (C=O) groups is 1. The molecule has 0 aliphatic rings. The van der Waals surface area contributed by atoms with Gasteiger partial charge in [-0.05, 0) is 38.5 Å². The van der Waals surface area contributed by atoms with Crippen LogP contribution in [0.1, 0.15) is 38.2 Å². The van der Waals surface area contributed by atoms with Crippen LogP contribution in [0.2, 0.25) is 0 Å². The van der Waals surface area contributed by atoms with Crippen LogP contribution in [-0.2, 0) is 11.3 Å². The molecule has 0 spiro atoms. The third-order valence-corrected chi connectivity index (χ3v) is 3.43. The van der Waals surface area contributed by atoms with Crippen LogP contribution < -0.4 is 5.32 Å². The number of nitrogens with zero attached hydrogens (tertiary/aromatic N) is 1. The number of carbonyl (C=O) groups excluding carboxylic acids is 1. The van der Waals surface area contributed by atoms with Crippen molar-refractivity contribution >= 4 is 5.91 Å². The Morgan fingerprint density at radius 2 is 1.92 bits per heavy atom. The van der Waals surface area contributed by atoms with Crippen molar-refractivity contribution in [2.45, 2.75) is 39.0 Å². The minimum atomic E-state index is -0.772. The second kappa shape index (κ2) is 8.13. The Bertz CT molecular complexity index is 618. The van der Waals surface area contributed by atoms with Gasteiger partial charge in [-0.2, -0.15) is 0 Å². The molecule has 130 valence electrons. The van der Waals surface area contributed by atoms with Gasteiger partial charge in [0.05, 0.1) is 12.8 Å². The van der Waals surface area contributed by atoms with E-state index in [-0.39, 0.29) is 18.0 Å². The first-order valence-corrected chi connectivity index (χ1v) is 8.12. The summed E-state index contributed by atoms with van der Waals surface area (Å²) in [7, 11) is 0. The van der Waals surface area contributed by atoms with E-state index < -0.39 is 6.10 Å². The van der Waals surface area contributed by atoms with Gasteiger partial charge in [-0.3, -0.25) is 9.69 Å². The number of rotatable bonds is 7. The predicted molar refractivity (Wildman–Crippen MR) is 93.3 cm³/mol. The highest BCUT2D eigenvalue weighted by Crippen LogP contribution is 2.16. The van der Waals surface area contributed by atoms with Gasteiger partial charge in [-0.15, -0.1) is 0 Å². The lowest BCUT2D eigenvalue weighted by Gasteiger charge is -2.27. The van der Waals surface area contributed by atoms with Crippen LogP contribution in [0.25, 0.3) is 0 Å². The number of hydrogen-bond acceptors (Lipinski definition) is 4. The molecule has 0 fully saturated rings. The lowest BCUT2D eigenvalue weighted by atomic mass is 10.1. The van der Waals surface area contributed by atoms with E-state index in [1.165, 1.54) is 6.26 Å². The zero-order chi connectivity index (χ0) is 17.6. The fraction of sp³-hybridized carbons (Fsp3) is 0.421. The molecule has 0 radical (unpaired) electrons. The number of nitrogens with one attached hydrogen (secondary N) is 1. The van der Waals surface area contributed by atoms with Crippen LogP contribution in [0.15, 0.2) is 53.1 Å². The van der Waals surface area contributed by atoms with Crippen LogP contribution in [0.4, 0.5) is 0 Å². The highest BCUT2D eigenvalue weighted by Gasteiger charge is 2.20. The zero-order valence-electron chi connectivity index (χ0n) is 14.5. The smallest absolute Gasteiger partial charge is 0.234 e. The fourth-order valence-electron chi connectivity index (χ4n) is 2.50. The average molecular weight is 330 g/mol. The van der Waals surface area contributed by atoms with Crippen molar-refractivity contribution in [3.8, 4) is 0 Å². The molecule has 24 heavy (non-hydrogen) atoms. The van der Waals surface area contributed by atoms with Gasteiger partial charge >= 0.3 is 0 Å². The molecule has 1 aromatic carbocycles. The Hall–Kier alpha value is -2.11. The van der Waals surface area contributed by atoms with Crippen LogP contribution >= 0.6 is 0 Å². The van der Waals surface area contributed by atoms with Gasteiger partial charge in [0.15, 0.2) is 0 Å². The van der Waals surface area contributed by atoms with Gasteiger partial charge in [0, 0.05) is 18.6 Å². The van der Waals surface area contributed by atoms with Gasteiger partial charge in [0.25, 0.3) is 0 Å². The minimum absolute atomic E-state index is 0.0647. The molecule has 2 N–H and O–H groups in total. The molecule has 0 saturated heterocycles. The molecular weight excluding hydrogens is 304 g/mol. The Labute approximate surface area is 143 Å². The SMILES string of the molecule is CC(C)(C)NC(=O)CN(Cc1ccccc1)CC(O)c1ccco1. The predicted octanol–water partition coefficient (Wildman–Crippen LogP) is 2.73. The maximum absolute atomic E-state index is 12.3. The molecule has 2 aromatic rings. The summed E-state index contributed by atoms with van der Waals surface area (Å²) in [5, 5.41) is 13.3. The number of benzene rings is 1. The lowest BCUT2D eigenvalue weighted by Crippen LogP contribution is -2.46. The van der Waals surface area contributed by atoms with Crippen molar-refractivity contribution in [1.82, 2.24) is 10.2 Å². The van der Waals surface area contributed by atoms with E-state index in [4.69, 9.17) is 4.42 Å². The molecule has 1 atom stereocenters. The largest absolute Gasteiger partial charge is 0.467 e. The third-order valence-electron chi connectivity index (χ3n) is 3.43. The van der Waals surface area contributed by atoms with E-state index in [1.54, 1.807) is 12.1 Å². The van der Waals surface area contributed by atoms with Crippen molar-refractivity contribution in [2.75, 3.05) is 13.1 Å². The Balaban J connectivity index is 2.04. The Kier molecular flexibility index (Phi) is 6.17. The van der Waals surface area contributed by atoms with Crippen molar-refractivity contribution in [2.24, 2.45) is 0 Å². The van der Waals surface area contributed by atoms with Gasteiger partial charge in [-0.1, -0.05) is 30.3 Å². The molecule has 0 saturated carbocycles. The summed E-state index contributed by atoms with van der Waals surface area (Å²) < 4.78 is 5.25. The number of aliphatic hydroxyl groups excluding tert-OH is 1. The number of aliphatic hydroxyl groups is 1. The normalized spacial score (nSPS) is 13.0. The standard InChI is InChI=1S/C19H26N2O3/c1-19(2,3)20-18(23)14-21(12-15-8-5-4-6-9-15)13-16(22)17-10-7-11-24-17/h4-11,16,22H,12-14H2,1-3H3,(H,20,23). The maximum atomic E-state index is 12.3. The summed E-state index contributed by atoms with van der Waals surface area (Å²) in [6.45, 7) is 6.96. The quantitative estimate of drug-likeness (QED) is 0.819. The van der Waals surface area contributed by atoms with Crippen molar-refractivity contribution in [3.05, 3.63) is 60.1 Å². The molecule has 0 aliphatic carbocycles. The van der Waals surface area contributed by atoms with E-state index in [2.05, 4.69) is 5.32 Å². The Morgan fingerprint density at radius 3 is 2.50 bits per heavy atom. The minimum Gasteiger partial charge on any atom is -0.467 e. The molecule has 1 unspecified atom stereocenters. The average Bonchev–Trinajstić information content (AvgIpc) is 3.00. The molecule has 5 nitrogen and oxygen atoms in total. The van der Waals surface area contributed by atoms with E-state index in [0.29, 0.717) is 18.8 Å². The van der Waals surface area contributed by atoms with Gasteiger partial charge in [-0.25, -0.2) is 0 Å². The van der Waals surface area contributed by atoms with Crippen LogP contribution in [-0.4, -0.2) is 34.5 Å². The third kappa shape index (κ3) is 6.18. The second-order valence-electron chi connectivity index (χ2n) is 6.98. The topological polar surface area (TPSA) is 65.7 Å². The van der Waals surface area contributed by atoms with Gasteiger partial charge in [0.1, 0.15) is 11.9 Å². The number of amides is 1. The molecular formula is C19H26N2O3. The summed E-state index contributed by atoms with van der Waals surface area (Å²) in [4.78, 5) is 14.2. The van der Waals surface area contributed by atoms with Crippen LogP contribution in [0.3, 0.4) is 0 Å². The first kappa shape index (κ1) is 18.2. The van der Waals surface area contributed by atoms with Crippen molar-refractivity contribution < 1.29 is 14.3 Å². The van der Waals surface area contributed by atoms with E-state index in [0.717, 1.165) is 5.56 Å². The summed E-state index contributed by atoms with van der Waals surface area (Å²) >= 11 is 0. The van der Waals surface area contributed by atoms with Crippen LogP contribution in [0.5, 0.6) is 0 Å². The number of furan rings is 1. The summed E-state index contributed by atoms with van der Waals surface area (Å²) in [5.74, 6) is 0.439. The van der Waals surface area contributed by atoms with E-state index in [1.807, 2.05) is 56.0 Å². The molecule has 5 heteroatoms. The maximum Gasteiger partial charge on any atom is 0.234 e. The zero-order valence-corrected chi connectivity index (χ0v) is 14.5. The van der Waals surface area contributed by atoms with Crippen LogP contribution in [0, 0.1) is 0 Å². The van der Waals surface area contributed by atoms with Gasteiger partial charge in [0.2, 0.25) is 5.91 Å². The molecule has 0 bridgehead atoms. The number of hydrogen-bond donors (Lipinski definition) is 2. The lowest BCUT2D eigenvalue weighted by molar-refractivity contribution is -0.124. The Morgan fingerprint density at radius 1 is 1.21 bits per heavy atom. The summed E-state index contributed by atoms with van der Waals surface area (Å²) in [5.41, 5.74) is 0.808. The molecule has 2 rings (SSSR count). The summed E-state index contributed by atoms with van der Waals surface area (Å²) in [6.07, 6.45) is 0.762. The van der Waals surface area contributed by atoms with E-state index in [9.17, 15) is 9.90 Å². The molecule has 1 amide bonds. The highest BCUT2D eigenvalue weighted by molar-refractivity contribution is 5.78. The monoisotopic (exact) mass is 330 g/mol. The second-order valence-corrected chi connectivity index (χ2v) is 6.98. The fourth-order valence-corrected chi connectivity index (χ4v) is 2.50. The first-order valence-electron chi connectivity index (χ1n) is 8.12. The first-order chi connectivity index (χ1) is 11.3. The molecule has 1 heterocycles. The van der Waals surface area contributed by atoms with Crippen molar-refractivity contribution in [1.29, 1.82) is 0 Å². The highest BCUT2D eigenvalue weighted by atomic mass is 16.4. The van der Waals surface area contributed by atoms with Gasteiger partial charge < -0.3 is 14.8 Å². The molecule has 1 aromatic heterocycles.